The second-order valence-corrected chi connectivity index (χ2v) is 9.37. The molecule has 1 aromatic carbocycles. The van der Waals surface area contributed by atoms with E-state index < -0.39 is 35.8 Å². The van der Waals surface area contributed by atoms with Crippen LogP contribution in [0.15, 0.2) is 29.4 Å². The van der Waals surface area contributed by atoms with Gasteiger partial charge in [-0.2, -0.15) is 0 Å². The molecule has 0 fully saturated rings. The third-order valence-corrected chi connectivity index (χ3v) is 5.56. The average Bonchev–Trinajstić information content (AvgIpc) is 2.92. The summed E-state index contributed by atoms with van der Waals surface area (Å²) in [6.07, 6.45) is 0.607. The highest BCUT2D eigenvalue weighted by Crippen LogP contribution is 2.11. The zero-order valence-corrected chi connectivity index (χ0v) is 23.9. The molecule has 15 nitrogen and oxygen atoms in total. The molecule has 0 saturated heterocycles. The smallest absolute Gasteiger partial charge is 0.312 e. The van der Waals surface area contributed by atoms with Crippen LogP contribution >= 0.6 is 0 Å². The molecule has 5 amide bonds. The molecular formula is C26H42N8O7. The third kappa shape index (κ3) is 16.7. The Hall–Kier alpha value is -3.91. The summed E-state index contributed by atoms with van der Waals surface area (Å²) < 4.78 is 15.9. The van der Waals surface area contributed by atoms with E-state index in [4.69, 9.17) is 25.5 Å². The summed E-state index contributed by atoms with van der Waals surface area (Å²) in [4.78, 5) is 52.2. The number of azide groups is 1. The van der Waals surface area contributed by atoms with Gasteiger partial charge in [0.05, 0.1) is 33.0 Å². The lowest BCUT2D eigenvalue weighted by atomic mass is 10.0. The van der Waals surface area contributed by atoms with E-state index in [1.165, 1.54) is 0 Å². The summed E-state index contributed by atoms with van der Waals surface area (Å²) >= 11 is 0. The fourth-order valence-corrected chi connectivity index (χ4v) is 3.42. The van der Waals surface area contributed by atoms with E-state index >= 15 is 0 Å². The lowest BCUT2D eigenvalue weighted by Crippen LogP contribution is -2.55. The standard InChI is InChI=1S/C26H42N8O7/c1-18(2)23(33-22(35)17-41-16-15-40-14-13-39-12-11-30-34-28)25(37)32-21(5-4-10-29-26(27)38)24(36)31-20-8-6-19(3)7-9-20/h6-9,18,21,23H,4-5,10-17H2,1-3H3,(H,31,36)(H,32,37)(H,33,35)(H3,27,29,38)/t21-,23-/m0/s1. The van der Waals surface area contributed by atoms with Crippen LogP contribution in [0.2, 0.25) is 0 Å². The van der Waals surface area contributed by atoms with Crippen LogP contribution in [-0.4, -0.2) is 88.6 Å². The highest BCUT2D eigenvalue weighted by atomic mass is 16.5. The van der Waals surface area contributed by atoms with Gasteiger partial charge in [0, 0.05) is 23.7 Å². The van der Waals surface area contributed by atoms with Gasteiger partial charge < -0.3 is 41.2 Å². The molecule has 0 aliphatic carbocycles. The molecule has 0 spiro atoms. The number of hydrogen-bond donors (Lipinski definition) is 5. The van der Waals surface area contributed by atoms with Gasteiger partial charge in [0.2, 0.25) is 17.7 Å². The monoisotopic (exact) mass is 578 g/mol. The van der Waals surface area contributed by atoms with Gasteiger partial charge in [-0.1, -0.05) is 36.7 Å². The number of aryl methyl sites for hydroxylation is 1. The van der Waals surface area contributed by atoms with Gasteiger partial charge in [-0.25, -0.2) is 4.79 Å². The van der Waals surface area contributed by atoms with Crippen LogP contribution in [0, 0.1) is 12.8 Å². The van der Waals surface area contributed by atoms with Gasteiger partial charge in [-0.05, 0) is 43.3 Å². The first-order valence-corrected chi connectivity index (χ1v) is 13.4. The molecule has 0 aromatic heterocycles. The maximum Gasteiger partial charge on any atom is 0.312 e. The van der Waals surface area contributed by atoms with Crippen LogP contribution in [0.25, 0.3) is 10.4 Å². The summed E-state index contributed by atoms with van der Waals surface area (Å²) in [5.41, 5.74) is 14.9. The van der Waals surface area contributed by atoms with Gasteiger partial charge in [0.25, 0.3) is 0 Å². The van der Waals surface area contributed by atoms with E-state index in [1.807, 2.05) is 19.1 Å². The Labute approximate surface area is 239 Å². The van der Waals surface area contributed by atoms with Crippen molar-refractivity contribution >= 4 is 29.4 Å². The molecule has 0 radical (unpaired) electrons. The Balaban J connectivity index is 2.57. The molecule has 41 heavy (non-hydrogen) atoms. The Morgan fingerprint density at radius 3 is 2.20 bits per heavy atom. The molecule has 0 unspecified atom stereocenters. The number of nitrogens with two attached hydrogens (primary N) is 1. The molecular weight excluding hydrogens is 536 g/mol. The highest BCUT2D eigenvalue weighted by Gasteiger charge is 2.28. The molecule has 0 saturated carbocycles. The lowest BCUT2D eigenvalue weighted by Gasteiger charge is -2.25. The van der Waals surface area contributed by atoms with Crippen molar-refractivity contribution in [3.63, 3.8) is 0 Å². The van der Waals surface area contributed by atoms with Gasteiger partial charge in [-0.15, -0.1) is 0 Å². The van der Waals surface area contributed by atoms with Crippen molar-refractivity contribution in [2.45, 2.75) is 45.7 Å². The zero-order chi connectivity index (χ0) is 30.5. The number of urea groups is 1. The number of nitrogens with zero attached hydrogens (tertiary/aromatic N) is 3. The second-order valence-electron chi connectivity index (χ2n) is 9.37. The number of ether oxygens (including phenoxy) is 3. The number of carbonyl (C=O) groups excluding carboxylic acids is 4. The molecule has 1 aromatic rings. The highest BCUT2D eigenvalue weighted by molar-refractivity contribution is 5.98. The molecule has 1 rings (SSSR count). The predicted molar refractivity (Wildman–Crippen MR) is 152 cm³/mol. The number of carbonyl (C=O) groups is 4. The third-order valence-electron chi connectivity index (χ3n) is 5.56. The number of anilines is 1. The van der Waals surface area contributed by atoms with Gasteiger partial charge in [0.15, 0.2) is 0 Å². The molecule has 0 heterocycles. The van der Waals surface area contributed by atoms with Gasteiger partial charge in [0.1, 0.15) is 18.7 Å². The van der Waals surface area contributed by atoms with Crippen LogP contribution in [0.5, 0.6) is 0 Å². The topological polar surface area (TPSA) is 219 Å². The zero-order valence-electron chi connectivity index (χ0n) is 23.9. The fraction of sp³-hybridized carbons (Fsp3) is 0.615. The van der Waals surface area contributed by atoms with Gasteiger partial charge >= 0.3 is 6.03 Å². The first kappa shape index (κ1) is 35.1. The second kappa shape index (κ2) is 20.9. The van der Waals surface area contributed by atoms with Gasteiger partial charge in [-0.3, -0.25) is 14.4 Å². The van der Waals surface area contributed by atoms with E-state index in [2.05, 4.69) is 31.3 Å². The maximum absolute atomic E-state index is 13.1. The number of amides is 5. The summed E-state index contributed by atoms with van der Waals surface area (Å²) in [5, 5.41) is 14.0. The van der Waals surface area contributed by atoms with E-state index in [0.717, 1.165) is 5.56 Å². The number of benzene rings is 1. The Bertz CT molecular complexity index is 1000. The summed E-state index contributed by atoms with van der Waals surface area (Å²) in [6.45, 7) is 7.02. The number of hydrogen-bond acceptors (Lipinski definition) is 8. The van der Waals surface area contributed by atoms with Crippen LogP contribution in [0.3, 0.4) is 0 Å². The minimum absolute atomic E-state index is 0.158. The first-order valence-electron chi connectivity index (χ1n) is 13.4. The molecule has 15 heteroatoms. The van der Waals surface area contributed by atoms with Crippen molar-refractivity contribution in [3.8, 4) is 0 Å². The number of primary amides is 1. The molecule has 6 N–H and O–H groups in total. The predicted octanol–water partition coefficient (Wildman–Crippen LogP) is 1.37. The SMILES string of the molecule is Cc1ccc(NC(=O)[C@H](CCCNC(N)=O)NC(=O)[C@@H](NC(=O)COCCOCCOCCN=[N+]=[N-])C(C)C)cc1. The van der Waals surface area contributed by atoms with Crippen molar-refractivity contribution in [1.29, 1.82) is 0 Å². The maximum atomic E-state index is 13.1. The Morgan fingerprint density at radius 2 is 1.59 bits per heavy atom. The minimum atomic E-state index is -0.923. The molecule has 0 aliphatic heterocycles. The van der Waals surface area contributed by atoms with Crippen molar-refractivity contribution in [3.05, 3.63) is 40.3 Å². The summed E-state index contributed by atoms with van der Waals surface area (Å²) in [5.74, 6) is -1.73. The van der Waals surface area contributed by atoms with E-state index in [9.17, 15) is 19.2 Å². The quantitative estimate of drug-likeness (QED) is 0.0623. The van der Waals surface area contributed by atoms with Crippen molar-refractivity contribution in [2.24, 2.45) is 16.8 Å². The molecule has 0 bridgehead atoms. The first-order chi connectivity index (χ1) is 19.6. The van der Waals surface area contributed by atoms with Crippen LogP contribution in [0.4, 0.5) is 10.5 Å². The van der Waals surface area contributed by atoms with Crippen LogP contribution in [0.1, 0.15) is 32.3 Å². The minimum Gasteiger partial charge on any atom is -0.379 e. The lowest BCUT2D eigenvalue weighted by molar-refractivity contribution is -0.134. The molecule has 228 valence electrons. The van der Waals surface area contributed by atoms with Crippen LogP contribution < -0.4 is 27.0 Å². The largest absolute Gasteiger partial charge is 0.379 e. The summed E-state index contributed by atoms with van der Waals surface area (Å²) in [7, 11) is 0. The molecule has 0 aliphatic rings. The van der Waals surface area contributed by atoms with E-state index in [-0.39, 0.29) is 45.2 Å². The Kier molecular flexibility index (Phi) is 17.9. The summed E-state index contributed by atoms with van der Waals surface area (Å²) in [6, 6.07) is 4.69. The average molecular weight is 579 g/mol. The van der Waals surface area contributed by atoms with Crippen molar-refractivity contribution < 1.29 is 33.4 Å². The number of nitrogens with one attached hydrogen (secondary N) is 4. The van der Waals surface area contributed by atoms with Crippen molar-refractivity contribution in [2.75, 3.05) is 58.0 Å². The molecule has 2 atom stereocenters. The fourth-order valence-electron chi connectivity index (χ4n) is 3.42. The van der Waals surface area contributed by atoms with E-state index in [0.29, 0.717) is 31.9 Å². The van der Waals surface area contributed by atoms with Crippen LogP contribution in [-0.2, 0) is 28.6 Å². The Morgan fingerprint density at radius 1 is 0.951 bits per heavy atom. The van der Waals surface area contributed by atoms with Crippen molar-refractivity contribution in [1.82, 2.24) is 16.0 Å². The normalized spacial score (nSPS) is 12.1. The number of rotatable bonds is 21. The van der Waals surface area contributed by atoms with E-state index in [1.54, 1.807) is 26.0 Å².